The van der Waals surface area contributed by atoms with E-state index < -0.39 is 0 Å². The van der Waals surface area contributed by atoms with Gasteiger partial charge in [-0.2, -0.15) is 4.98 Å². The number of thiophene rings is 1. The molecule has 5 heteroatoms. The lowest BCUT2D eigenvalue weighted by molar-refractivity contribution is 0.872. The van der Waals surface area contributed by atoms with Crippen LogP contribution in [-0.4, -0.2) is 14.8 Å². The molecule has 3 aromatic rings. The Bertz CT molecular complexity index is 667. The molecule has 0 bridgehead atoms. The van der Waals surface area contributed by atoms with Crippen LogP contribution in [-0.2, 0) is 0 Å². The highest BCUT2D eigenvalue weighted by atomic mass is 32.1. The lowest BCUT2D eigenvalue weighted by atomic mass is 10.3. The average molecular weight is 243 g/mol. The number of para-hydroxylation sites is 1. The van der Waals surface area contributed by atoms with Crippen LogP contribution in [0.2, 0.25) is 0 Å². The van der Waals surface area contributed by atoms with Gasteiger partial charge in [0.25, 0.3) is 0 Å². The Balaban J connectivity index is 2.22. The quantitative estimate of drug-likeness (QED) is 0.750. The molecule has 0 saturated heterocycles. The van der Waals surface area contributed by atoms with Crippen molar-refractivity contribution in [2.45, 2.75) is 0 Å². The molecular formula is C12H9N3OS. The van der Waals surface area contributed by atoms with Gasteiger partial charge in [0.15, 0.2) is 5.82 Å². The molecule has 0 saturated carbocycles. The van der Waals surface area contributed by atoms with Crippen LogP contribution in [0.4, 0.5) is 0 Å². The molecule has 0 atom stereocenters. The topological polar surface area (TPSA) is 50.7 Å². The van der Waals surface area contributed by atoms with Crippen molar-refractivity contribution in [1.29, 1.82) is 0 Å². The van der Waals surface area contributed by atoms with E-state index in [4.69, 9.17) is 0 Å². The summed E-state index contributed by atoms with van der Waals surface area (Å²) in [6.45, 7) is 0. The minimum absolute atomic E-state index is 0.336. The normalized spacial score (nSPS) is 10.6. The van der Waals surface area contributed by atoms with E-state index in [2.05, 4.69) is 10.1 Å². The number of aromatic nitrogens is 3. The number of aromatic amines is 1. The van der Waals surface area contributed by atoms with Crippen molar-refractivity contribution in [3.05, 3.63) is 58.3 Å². The predicted octanol–water partition coefficient (Wildman–Crippen LogP) is 2.29. The Labute approximate surface area is 101 Å². The summed E-state index contributed by atoms with van der Waals surface area (Å²) in [5.74, 6) is 0.649. The number of nitrogens with zero attached hydrogens (tertiary/aromatic N) is 2. The summed E-state index contributed by atoms with van der Waals surface area (Å²) in [5.41, 5.74) is 0.558. The van der Waals surface area contributed by atoms with Gasteiger partial charge >= 0.3 is 5.69 Å². The summed E-state index contributed by atoms with van der Waals surface area (Å²) < 4.78 is 1.70. The van der Waals surface area contributed by atoms with Gasteiger partial charge < -0.3 is 0 Å². The van der Waals surface area contributed by atoms with Crippen molar-refractivity contribution >= 4 is 11.3 Å². The minimum atomic E-state index is -0.336. The second-order valence-electron chi connectivity index (χ2n) is 3.50. The second kappa shape index (κ2) is 4.03. The lowest BCUT2D eigenvalue weighted by Crippen LogP contribution is -2.04. The molecule has 1 aromatic carbocycles. The highest BCUT2D eigenvalue weighted by molar-refractivity contribution is 7.13. The van der Waals surface area contributed by atoms with Gasteiger partial charge in [0.2, 0.25) is 0 Å². The smallest absolute Gasteiger partial charge is 0.244 e. The van der Waals surface area contributed by atoms with Crippen molar-refractivity contribution in [3.8, 4) is 16.4 Å². The molecular weight excluding hydrogens is 234 g/mol. The number of rotatable bonds is 2. The zero-order valence-corrected chi connectivity index (χ0v) is 9.65. The maximum absolute atomic E-state index is 11.4. The largest absolute Gasteiger partial charge is 0.362 e. The molecule has 0 unspecified atom stereocenters. The van der Waals surface area contributed by atoms with Crippen molar-refractivity contribution in [2.24, 2.45) is 0 Å². The predicted molar refractivity (Wildman–Crippen MR) is 67.5 cm³/mol. The average Bonchev–Trinajstić information content (AvgIpc) is 2.98. The number of hydrogen-bond acceptors (Lipinski definition) is 3. The molecule has 0 radical (unpaired) electrons. The van der Waals surface area contributed by atoms with Gasteiger partial charge in [-0.15, -0.1) is 11.3 Å². The lowest BCUT2D eigenvalue weighted by Gasteiger charge is -2.04. The first-order valence-electron chi connectivity index (χ1n) is 5.13. The SMILES string of the molecule is O=c1nc(-c2cccs2)n(-c2ccccc2)[nH]1. The number of hydrogen-bond donors (Lipinski definition) is 1. The number of nitrogens with one attached hydrogen (secondary N) is 1. The zero-order chi connectivity index (χ0) is 11.7. The number of benzene rings is 1. The zero-order valence-electron chi connectivity index (χ0n) is 8.83. The highest BCUT2D eigenvalue weighted by Crippen LogP contribution is 2.23. The first-order chi connectivity index (χ1) is 8.34. The Kier molecular flexibility index (Phi) is 2.38. The monoisotopic (exact) mass is 243 g/mol. The summed E-state index contributed by atoms with van der Waals surface area (Å²) in [6, 6.07) is 13.5. The Morgan fingerprint density at radius 3 is 2.65 bits per heavy atom. The Hall–Kier alpha value is -2.14. The van der Waals surface area contributed by atoms with Crippen LogP contribution in [0.3, 0.4) is 0 Å². The van der Waals surface area contributed by atoms with E-state index in [0.29, 0.717) is 5.82 Å². The summed E-state index contributed by atoms with van der Waals surface area (Å²) in [4.78, 5) is 16.4. The fourth-order valence-electron chi connectivity index (χ4n) is 1.65. The van der Waals surface area contributed by atoms with E-state index in [9.17, 15) is 4.79 Å². The molecule has 0 amide bonds. The van der Waals surface area contributed by atoms with Crippen molar-refractivity contribution in [3.63, 3.8) is 0 Å². The molecule has 3 rings (SSSR count). The van der Waals surface area contributed by atoms with E-state index in [1.54, 1.807) is 16.0 Å². The third-order valence-electron chi connectivity index (χ3n) is 2.38. The second-order valence-corrected chi connectivity index (χ2v) is 4.45. The maximum Gasteiger partial charge on any atom is 0.362 e. The molecule has 0 fully saturated rings. The van der Waals surface area contributed by atoms with E-state index in [1.165, 1.54) is 0 Å². The van der Waals surface area contributed by atoms with Gasteiger partial charge in [-0.05, 0) is 23.6 Å². The number of H-pyrrole nitrogens is 1. The molecule has 0 aliphatic rings. The Morgan fingerprint density at radius 2 is 1.94 bits per heavy atom. The van der Waals surface area contributed by atoms with Gasteiger partial charge in [0, 0.05) is 0 Å². The van der Waals surface area contributed by atoms with Gasteiger partial charge in [-0.25, -0.2) is 14.6 Å². The fraction of sp³-hybridized carbons (Fsp3) is 0. The molecule has 4 nitrogen and oxygen atoms in total. The van der Waals surface area contributed by atoms with E-state index in [0.717, 1.165) is 10.6 Å². The molecule has 0 aliphatic carbocycles. The standard InChI is InChI=1S/C12H9N3OS/c16-12-13-11(10-7-4-8-17-10)15(14-12)9-5-2-1-3-6-9/h1-8H,(H,14,16). The molecule has 0 aliphatic heterocycles. The van der Waals surface area contributed by atoms with Gasteiger partial charge in [-0.3, -0.25) is 0 Å². The molecule has 84 valence electrons. The third kappa shape index (κ3) is 1.81. The molecule has 17 heavy (non-hydrogen) atoms. The van der Waals surface area contributed by atoms with E-state index in [-0.39, 0.29) is 5.69 Å². The minimum Gasteiger partial charge on any atom is -0.244 e. The van der Waals surface area contributed by atoms with Crippen molar-refractivity contribution < 1.29 is 0 Å². The van der Waals surface area contributed by atoms with Crippen LogP contribution in [0.25, 0.3) is 16.4 Å². The summed E-state index contributed by atoms with van der Waals surface area (Å²) in [5, 5.41) is 4.67. The summed E-state index contributed by atoms with van der Waals surface area (Å²) >= 11 is 1.56. The van der Waals surface area contributed by atoms with Crippen molar-refractivity contribution in [2.75, 3.05) is 0 Å². The Morgan fingerprint density at radius 1 is 1.12 bits per heavy atom. The van der Waals surface area contributed by atoms with Gasteiger partial charge in [0.05, 0.1) is 10.6 Å². The van der Waals surface area contributed by atoms with Crippen LogP contribution < -0.4 is 5.69 Å². The van der Waals surface area contributed by atoms with Crippen LogP contribution in [0.15, 0.2) is 52.6 Å². The van der Waals surface area contributed by atoms with Crippen LogP contribution >= 0.6 is 11.3 Å². The van der Waals surface area contributed by atoms with Crippen LogP contribution in [0, 0.1) is 0 Å². The molecule has 0 spiro atoms. The van der Waals surface area contributed by atoms with Gasteiger partial charge in [0.1, 0.15) is 0 Å². The highest BCUT2D eigenvalue weighted by Gasteiger charge is 2.10. The maximum atomic E-state index is 11.4. The summed E-state index contributed by atoms with van der Waals surface area (Å²) in [7, 11) is 0. The fourth-order valence-corrected chi connectivity index (χ4v) is 2.36. The molecule has 1 N–H and O–H groups in total. The van der Waals surface area contributed by atoms with Crippen LogP contribution in [0.5, 0.6) is 0 Å². The molecule has 2 heterocycles. The van der Waals surface area contributed by atoms with Crippen LogP contribution in [0.1, 0.15) is 0 Å². The van der Waals surface area contributed by atoms with E-state index in [1.807, 2.05) is 47.8 Å². The van der Waals surface area contributed by atoms with Crippen molar-refractivity contribution in [1.82, 2.24) is 14.8 Å². The van der Waals surface area contributed by atoms with E-state index >= 15 is 0 Å². The third-order valence-corrected chi connectivity index (χ3v) is 3.25. The molecule has 2 aromatic heterocycles. The summed E-state index contributed by atoms with van der Waals surface area (Å²) in [6.07, 6.45) is 0. The first kappa shape index (κ1) is 10.0. The van der Waals surface area contributed by atoms with Gasteiger partial charge in [-0.1, -0.05) is 24.3 Å². The first-order valence-corrected chi connectivity index (χ1v) is 6.01.